The van der Waals surface area contributed by atoms with Gasteiger partial charge in [0.25, 0.3) is 0 Å². The Labute approximate surface area is 136 Å². The summed E-state index contributed by atoms with van der Waals surface area (Å²) in [6.45, 7) is 1.63. The number of alkyl halides is 1. The molecule has 0 aromatic heterocycles. The SMILES string of the molecule is C/C(=C(/C#N)C1=NC=C[I-]C1)c1cc(O)c(O)c([N+](=O)[O-])c1. The van der Waals surface area contributed by atoms with Crippen LogP contribution in [0.15, 0.2) is 33.0 Å². The number of halogens is 1. The molecule has 8 heteroatoms. The van der Waals surface area contributed by atoms with Gasteiger partial charge < -0.3 is 0 Å². The van der Waals surface area contributed by atoms with Crippen LogP contribution in [0.3, 0.4) is 0 Å². The van der Waals surface area contributed by atoms with Gasteiger partial charge in [0, 0.05) is 0 Å². The average Bonchev–Trinajstić information content (AvgIpc) is 2.51. The number of allylic oxidation sites excluding steroid dienone is 2. The van der Waals surface area contributed by atoms with E-state index in [9.17, 15) is 25.6 Å². The second kappa shape index (κ2) is 6.57. The van der Waals surface area contributed by atoms with Crippen LogP contribution < -0.4 is 21.2 Å². The van der Waals surface area contributed by atoms with Crippen LogP contribution in [0.1, 0.15) is 12.5 Å². The number of phenolic OH excluding ortho intramolecular Hbond substituents is 2. The summed E-state index contributed by atoms with van der Waals surface area (Å²) in [5.41, 5.74) is 1.14. The molecule has 1 aromatic rings. The summed E-state index contributed by atoms with van der Waals surface area (Å²) < 4.78 is 2.70. The van der Waals surface area contributed by atoms with Gasteiger partial charge in [-0.15, -0.1) is 0 Å². The first-order valence-corrected chi connectivity index (χ1v) is 8.84. The van der Waals surface area contributed by atoms with Crippen molar-refractivity contribution in [3.8, 4) is 17.6 Å². The monoisotopic (exact) mass is 412 g/mol. The number of hydrogen-bond acceptors (Lipinski definition) is 6. The Morgan fingerprint density at radius 1 is 1.50 bits per heavy atom. The summed E-state index contributed by atoms with van der Waals surface area (Å²) in [5.74, 6) is -1.39. The van der Waals surface area contributed by atoms with Crippen molar-refractivity contribution in [3.05, 3.63) is 43.7 Å². The zero-order chi connectivity index (χ0) is 16.3. The number of aliphatic imine (C=N–C) groups is 1. The molecule has 0 amide bonds. The fourth-order valence-electron chi connectivity index (χ4n) is 1.91. The summed E-state index contributed by atoms with van der Waals surface area (Å²) in [5, 5.41) is 39.4. The predicted octanol–water partition coefficient (Wildman–Crippen LogP) is -0.682. The van der Waals surface area contributed by atoms with E-state index in [1.807, 2.05) is 4.08 Å². The molecule has 2 N–H and O–H groups in total. The molecular formula is C14H11IN3O4-. The maximum absolute atomic E-state index is 10.9. The molecule has 1 aromatic carbocycles. The second-order valence-electron chi connectivity index (χ2n) is 4.37. The minimum absolute atomic E-state index is 0.184. The zero-order valence-electron chi connectivity index (χ0n) is 11.4. The topological polar surface area (TPSA) is 120 Å². The Kier molecular flexibility index (Phi) is 4.77. The van der Waals surface area contributed by atoms with Crippen molar-refractivity contribution < 1.29 is 36.3 Å². The van der Waals surface area contributed by atoms with Gasteiger partial charge in [-0.05, 0) is 0 Å². The predicted molar refractivity (Wildman–Crippen MR) is 76.1 cm³/mol. The van der Waals surface area contributed by atoms with Gasteiger partial charge >= 0.3 is 136 Å². The van der Waals surface area contributed by atoms with Gasteiger partial charge in [0.15, 0.2) is 0 Å². The number of phenols is 2. The van der Waals surface area contributed by atoms with Crippen LogP contribution >= 0.6 is 0 Å². The Balaban J connectivity index is 2.61. The summed E-state index contributed by atoms with van der Waals surface area (Å²) >= 11 is -0.184. The fraction of sp³-hybridized carbons (Fsp3) is 0.143. The van der Waals surface area contributed by atoms with Crippen molar-refractivity contribution in [3.63, 3.8) is 0 Å². The first-order valence-electron chi connectivity index (χ1n) is 6.07. The van der Waals surface area contributed by atoms with Crippen molar-refractivity contribution >= 4 is 17.0 Å². The van der Waals surface area contributed by atoms with Gasteiger partial charge in [0.05, 0.1) is 0 Å². The third-order valence-corrected chi connectivity index (χ3v) is 5.05. The first-order chi connectivity index (χ1) is 10.5. The molecule has 0 saturated carbocycles. The molecule has 114 valence electrons. The third kappa shape index (κ3) is 3.09. The molecule has 1 heterocycles. The standard InChI is InChI=1S/C14H11IN3O4/c1-8(10(7-16)11-6-15-2-3-17-11)9-4-12(18(21)22)14(20)13(19)5-9/h2-5,19-20H,6H2,1H3/q-1/b10-8+. The van der Waals surface area contributed by atoms with Gasteiger partial charge in [0.2, 0.25) is 0 Å². The van der Waals surface area contributed by atoms with E-state index in [0.29, 0.717) is 26.8 Å². The summed E-state index contributed by atoms with van der Waals surface area (Å²) in [6.07, 6.45) is 1.66. The van der Waals surface area contributed by atoms with E-state index < -0.39 is 22.1 Å². The maximum atomic E-state index is 10.9. The number of nitriles is 1. The van der Waals surface area contributed by atoms with E-state index >= 15 is 0 Å². The summed E-state index contributed by atoms with van der Waals surface area (Å²) in [6, 6.07) is 4.40. The Bertz CT molecular complexity index is 775. The van der Waals surface area contributed by atoms with E-state index in [4.69, 9.17) is 0 Å². The molecule has 0 atom stereocenters. The number of rotatable bonds is 3. The van der Waals surface area contributed by atoms with E-state index in [0.717, 1.165) is 6.07 Å². The van der Waals surface area contributed by atoms with Crippen molar-refractivity contribution in [1.82, 2.24) is 0 Å². The number of benzene rings is 1. The first kappa shape index (κ1) is 16.0. The van der Waals surface area contributed by atoms with E-state index in [1.165, 1.54) is 6.07 Å². The number of nitro groups is 1. The molecule has 0 unspecified atom stereocenters. The summed E-state index contributed by atoms with van der Waals surface area (Å²) in [4.78, 5) is 14.3. The molecule has 1 aliphatic heterocycles. The van der Waals surface area contributed by atoms with Crippen LogP contribution in [-0.2, 0) is 0 Å². The van der Waals surface area contributed by atoms with E-state index in [-0.39, 0.29) is 21.2 Å². The molecule has 2 rings (SSSR count). The van der Waals surface area contributed by atoms with Gasteiger partial charge in [-0.2, -0.15) is 0 Å². The third-order valence-electron chi connectivity index (χ3n) is 3.05. The van der Waals surface area contributed by atoms with Crippen molar-refractivity contribution in [1.29, 1.82) is 5.26 Å². The quantitative estimate of drug-likeness (QED) is 0.170. The van der Waals surface area contributed by atoms with Gasteiger partial charge in [-0.25, -0.2) is 0 Å². The van der Waals surface area contributed by atoms with Gasteiger partial charge in [-0.3, -0.25) is 0 Å². The number of nitrogens with zero attached hydrogens (tertiary/aromatic N) is 3. The fourth-order valence-corrected chi connectivity index (χ4v) is 3.55. The number of nitro benzene ring substituents is 1. The normalized spacial score (nSPS) is 15.2. The minimum atomic E-state index is -0.788. The van der Waals surface area contributed by atoms with Crippen LogP contribution in [0.4, 0.5) is 5.69 Å². The molecule has 0 bridgehead atoms. The van der Waals surface area contributed by atoms with Gasteiger partial charge in [-0.1, -0.05) is 0 Å². The Morgan fingerprint density at radius 3 is 2.77 bits per heavy atom. The van der Waals surface area contributed by atoms with Crippen LogP contribution in [0.2, 0.25) is 0 Å². The van der Waals surface area contributed by atoms with Crippen LogP contribution in [0, 0.1) is 21.4 Å². The molecule has 22 heavy (non-hydrogen) atoms. The molecule has 0 saturated heterocycles. The molecular weight excluding hydrogens is 401 g/mol. The van der Waals surface area contributed by atoms with Crippen molar-refractivity contribution in [2.24, 2.45) is 4.99 Å². The Hall–Kier alpha value is -2.41. The van der Waals surface area contributed by atoms with Crippen molar-refractivity contribution in [2.45, 2.75) is 6.92 Å². The van der Waals surface area contributed by atoms with Crippen LogP contribution in [0.5, 0.6) is 11.5 Å². The van der Waals surface area contributed by atoms with E-state index in [2.05, 4.69) is 11.1 Å². The van der Waals surface area contributed by atoms with Crippen LogP contribution in [0.25, 0.3) is 5.57 Å². The molecule has 0 spiro atoms. The number of aromatic hydroxyl groups is 2. The molecule has 0 aliphatic carbocycles. The Morgan fingerprint density at radius 2 is 2.23 bits per heavy atom. The molecule has 7 nitrogen and oxygen atoms in total. The van der Waals surface area contributed by atoms with E-state index in [1.54, 1.807) is 13.1 Å². The average molecular weight is 412 g/mol. The van der Waals surface area contributed by atoms with Crippen LogP contribution in [-0.4, -0.2) is 25.3 Å². The second-order valence-corrected chi connectivity index (χ2v) is 6.73. The number of hydrogen-bond donors (Lipinski definition) is 2. The van der Waals surface area contributed by atoms with Crippen molar-refractivity contribution in [2.75, 3.05) is 4.43 Å². The summed E-state index contributed by atoms with van der Waals surface area (Å²) in [7, 11) is 0. The molecule has 0 radical (unpaired) electrons. The van der Waals surface area contributed by atoms with Gasteiger partial charge in [0.1, 0.15) is 0 Å². The molecule has 0 fully saturated rings. The molecule has 1 aliphatic rings. The zero-order valence-corrected chi connectivity index (χ0v) is 13.6.